The summed E-state index contributed by atoms with van der Waals surface area (Å²) in [5.41, 5.74) is 5.09. The Kier molecular flexibility index (Phi) is 2.95. The van der Waals surface area contributed by atoms with Gasteiger partial charge in [0.2, 0.25) is 5.91 Å². The number of Topliss-reactive ketones (excluding diaryl/α,β-unsaturated/α-hetero) is 1. The standard InChI is InChI=1S/C10H18N2O2/c1-7(2)9(14)12-5-4-10(11,6-12)8(3)13/h7H,4-6,11H2,1-3H3. The van der Waals surface area contributed by atoms with Gasteiger partial charge in [0.25, 0.3) is 0 Å². The molecule has 1 amide bonds. The molecule has 0 saturated carbocycles. The van der Waals surface area contributed by atoms with Gasteiger partial charge in [-0.05, 0) is 13.3 Å². The molecule has 1 rings (SSSR count). The Morgan fingerprint density at radius 1 is 1.43 bits per heavy atom. The third kappa shape index (κ3) is 1.95. The summed E-state index contributed by atoms with van der Waals surface area (Å²) < 4.78 is 0. The van der Waals surface area contributed by atoms with Crippen LogP contribution in [-0.4, -0.2) is 35.2 Å². The highest BCUT2D eigenvalue weighted by Gasteiger charge is 2.40. The van der Waals surface area contributed by atoms with Gasteiger partial charge < -0.3 is 10.6 Å². The van der Waals surface area contributed by atoms with E-state index in [9.17, 15) is 9.59 Å². The summed E-state index contributed by atoms with van der Waals surface area (Å²) in [5, 5.41) is 0. The van der Waals surface area contributed by atoms with E-state index in [1.807, 2.05) is 13.8 Å². The van der Waals surface area contributed by atoms with Crippen molar-refractivity contribution >= 4 is 11.7 Å². The smallest absolute Gasteiger partial charge is 0.225 e. The molecule has 4 nitrogen and oxygen atoms in total. The highest BCUT2D eigenvalue weighted by atomic mass is 16.2. The van der Waals surface area contributed by atoms with Crippen LogP contribution in [0.5, 0.6) is 0 Å². The van der Waals surface area contributed by atoms with Gasteiger partial charge in [-0.25, -0.2) is 0 Å². The van der Waals surface area contributed by atoms with Crippen molar-refractivity contribution in [3.05, 3.63) is 0 Å². The van der Waals surface area contributed by atoms with Crippen LogP contribution in [0.2, 0.25) is 0 Å². The molecule has 0 spiro atoms. The second-order valence-electron chi connectivity index (χ2n) is 4.38. The number of nitrogens with zero attached hydrogens (tertiary/aromatic N) is 1. The molecule has 2 N–H and O–H groups in total. The predicted molar refractivity (Wildman–Crippen MR) is 53.6 cm³/mol. The Morgan fingerprint density at radius 2 is 2.00 bits per heavy atom. The van der Waals surface area contributed by atoms with Crippen LogP contribution in [0.4, 0.5) is 0 Å². The monoisotopic (exact) mass is 198 g/mol. The molecule has 1 unspecified atom stereocenters. The zero-order chi connectivity index (χ0) is 10.9. The van der Waals surface area contributed by atoms with Gasteiger partial charge in [0.05, 0.1) is 5.54 Å². The first kappa shape index (κ1) is 11.2. The van der Waals surface area contributed by atoms with Crippen LogP contribution >= 0.6 is 0 Å². The second kappa shape index (κ2) is 3.69. The Labute approximate surface area is 84.4 Å². The molecule has 4 heteroatoms. The molecule has 80 valence electrons. The van der Waals surface area contributed by atoms with Gasteiger partial charge >= 0.3 is 0 Å². The molecule has 14 heavy (non-hydrogen) atoms. The maximum Gasteiger partial charge on any atom is 0.225 e. The van der Waals surface area contributed by atoms with Crippen LogP contribution < -0.4 is 5.73 Å². The number of carbonyl (C=O) groups is 2. The molecule has 0 aromatic carbocycles. The number of carbonyl (C=O) groups excluding carboxylic acids is 2. The lowest BCUT2D eigenvalue weighted by Crippen LogP contribution is -2.49. The quantitative estimate of drug-likeness (QED) is 0.687. The Balaban J connectivity index is 2.66. The Bertz CT molecular complexity index is 263. The van der Waals surface area contributed by atoms with Gasteiger partial charge in [-0.1, -0.05) is 13.8 Å². The normalized spacial score (nSPS) is 27.1. The van der Waals surface area contributed by atoms with E-state index in [1.165, 1.54) is 6.92 Å². The van der Waals surface area contributed by atoms with Gasteiger partial charge in [-0.15, -0.1) is 0 Å². The summed E-state index contributed by atoms with van der Waals surface area (Å²) >= 11 is 0. The number of rotatable bonds is 2. The zero-order valence-electron chi connectivity index (χ0n) is 9.04. The number of hydrogen-bond acceptors (Lipinski definition) is 3. The molecule has 1 saturated heterocycles. The fourth-order valence-electron chi connectivity index (χ4n) is 1.67. The van der Waals surface area contributed by atoms with E-state index in [1.54, 1.807) is 4.90 Å². The molecule has 1 aliphatic rings. The van der Waals surface area contributed by atoms with Gasteiger partial charge in [0.1, 0.15) is 0 Å². The average molecular weight is 198 g/mol. The van der Waals surface area contributed by atoms with Crippen LogP contribution in [0.25, 0.3) is 0 Å². The molecule has 1 heterocycles. The largest absolute Gasteiger partial charge is 0.340 e. The average Bonchev–Trinajstić information content (AvgIpc) is 2.48. The van der Waals surface area contributed by atoms with Crippen molar-refractivity contribution < 1.29 is 9.59 Å². The highest BCUT2D eigenvalue weighted by molar-refractivity contribution is 5.88. The van der Waals surface area contributed by atoms with Crippen molar-refractivity contribution in [1.82, 2.24) is 4.90 Å². The minimum absolute atomic E-state index is 0.0238. The maximum atomic E-state index is 11.6. The Hall–Kier alpha value is -0.900. The lowest BCUT2D eigenvalue weighted by Gasteiger charge is -2.22. The van der Waals surface area contributed by atoms with Crippen molar-refractivity contribution in [3.63, 3.8) is 0 Å². The molecule has 0 radical (unpaired) electrons. The lowest BCUT2D eigenvalue weighted by molar-refractivity contribution is -0.133. The summed E-state index contributed by atoms with van der Waals surface area (Å²) in [6.45, 7) is 6.18. The molecule has 0 aromatic heterocycles. The fraction of sp³-hybridized carbons (Fsp3) is 0.800. The zero-order valence-corrected chi connectivity index (χ0v) is 9.04. The van der Waals surface area contributed by atoms with Gasteiger partial charge in [-0.3, -0.25) is 9.59 Å². The van der Waals surface area contributed by atoms with E-state index in [4.69, 9.17) is 5.73 Å². The van der Waals surface area contributed by atoms with E-state index in [2.05, 4.69) is 0 Å². The first-order valence-corrected chi connectivity index (χ1v) is 4.95. The minimum atomic E-state index is -0.801. The summed E-state index contributed by atoms with van der Waals surface area (Å²) in [6.07, 6.45) is 0.584. The number of likely N-dealkylation sites (tertiary alicyclic amines) is 1. The lowest BCUT2D eigenvalue weighted by atomic mass is 9.96. The van der Waals surface area contributed by atoms with Gasteiger partial charge in [0, 0.05) is 19.0 Å². The minimum Gasteiger partial charge on any atom is -0.340 e. The van der Waals surface area contributed by atoms with Crippen molar-refractivity contribution in [2.75, 3.05) is 13.1 Å². The van der Waals surface area contributed by atoms with Crippen LogP contribution in [0.1, 0.15) is 27.2 Å². The molecule has 1 atom stereocenters. The van der Waals surface area contributed by atoms with Crippen LogP contribution in [0, 0.1) is 5.92 Å². The van der Waals surface area contributed by atoms with E-state index in [0.717, 1.165) is 0 Å². The second-order valence-corrected chi connectivity index (χ2v) is 4.38. The number of ketones is 1. The summed E-state index contributed by atoms with van der Waals surface area (Å²) in [4.78, 5) is 24.5. The van der Waals surface area contributed by atoms with E-state index in [0.29, 0.717) is 19.5 Å². The number of hydrogen-bond donors (Lipinski definition) is 1. The number of amides is 1. The van der Waals surface area contributed by atoms with Crippen LogP contribution in [-0.2, 0) is 9.59 Å². The molecular weight excluding hydrogens is 180 g/mol. The molecule has 1 fully saturated rings. The van der Waals surface area contributed by atoms with E-state index in [-0.39, 0.29) is 17.6 Å². The van der Waals surface area contributed by atoms with Crippen molar-refractivity contribution in [1.29, 1.82) is 0 Å². The molecule has 1 aliphatic heterocycles. The summed E-state index contributed by atoms with van der Waals surface area (Å²) in [7, 11) is 0. The van der Waals surface area contributed by atoms with Crippen molar-refractivity contribution in [2.45, 2.75) is 32.7 Å². The topological polar surface area (TPSA) is 63.4 Å². The van der Waals surface area contributed by atoms with Crippen LogP contribution in [0.3, 0.4) is 0 Å². The van der Waals surface area contributed by atoms with E-state index >= 15 is 0 Å². The van der Waals surface area contributed by atoms with Gasteiger partial charge in [0.15, 0.2) is 5.78 Å². The van der Waals surface area contributed by atoms with E-state index < -0.39 is 5.54 Å². The first-order valence-electron chi connectivity index (χ1n) is 4.95. The molecule has 0 aliphatic carbocycles. The first-order chi connectivity index (χ1) is 6.37. The Morgan fingerprint density at radius 3 is 2.36 bits per heavy atom. The summed E-state index contributed by atoms with van der Waals surface area (Å²) in [5.74, 6) is 0.0273. The third-order valence-electron chi connectivity index (χ3n) is 2.81. The third-order valence-corrected chi connectivity index (χ3v) is 2.81. The maximum absolute atomic E-state index is 11.6. The molecule has 0 bridgehead atoms. The molecular formula is C10H18N2O2. The SMILES string of the molecule is CC(=O)C1(N)CCN(C(=O)C(C)C)C1. The number of nitrogens with two attached hydrogens (primary N) is 1. The van der Waals surface area contributed by atoms with Crippen LogP contribution in [0.15, 0.2) is 0 Å². The van der Waals surface area contributed by atoms with Gasteiger partial charge in [-0.2, -0.15) is 0 Å². The fourth-order valence-corrected chi connectivity index (χ4v) is 1.67. The molecule has 0 aromatic rings. The summed E-state index contributed by atoms with van der Waals surface area (Å²) in [6, 6.07) is 0. The highest BCUT2D eigenvalue weighted by Crippen LogP contribution is 2.21. The van der Waals surface area contributed by atoms with Crippen molar-refractivity contribution in [3.8, 4) is 0 Å². The van der Waals surface area contributed by atoms with Crippen molar-refractivity contribution in [2.24, 2.45) is 11.7 Å². The predicted octanol–water partition coefficient (Wildman–Crippen LogP) is 0.161.